The zero-order valence-corrected chi connectivity index (χ0v) is 15.4. The quantitative estimate of drug-likeness (QED) is 0.722. The molecular formula is C19H23N5S. The molecule has 5 nitrogen and oxygen atoms in total. The molecule has 0 spiro atoms. The first kappa shape index (κ1) is 15.3. The smallest absolute Gasteiger partial charge is 0.186 e. The fraction of sp³-hybridized carbons (Fsp3) is 0.474. The van der Waals surface area contributed by atoms with Crippen LogP contribution in [-0.2, 0) is 13.6 Å². The number of thiazole rings is 1. The van der Waals surface area contributed by atoms with E-state index in [4.69, 9.17) is 4.98 Å². The number of fused-ring (bicyclic) bond motifs is 1. The van der Waals surface area contributed by atoms with Crippen molar-refractivity contribution >= 4 is 26.7 Å². The second-order valence-corrected chi connectivity index (χ2v) is 8.19. The fourth-order valence-electron chi connectivity index (χ4n) is 3.83. The summed E-state index contributed by atoms with van der Waals surface area (Å²) in [5.41, 5.74) is 4.02. The summed E-state index contributed by atoms with van der Waals surface area (Å²) in [5.74, 6) is 0.756. The average molecular weight is 353 g/mol. The van der Waals surface area contributed by atoms with Gasteiger partial charge in [-0.1, -0.05) is 23.5 Å². The summed E-state index contributed by atoms with van der Waals surface area (Å²) >= 11 is 1.81. The zero-order chi connectivity index (χ0) is 16.8. The summed E-state index contributed by atoms with van der Waals surface area (Å²) in [6.45, 7) is 5.33. The van der Waals surface area contributed by atoms with Crippen LogP contribution < -0.4 is 4.90 Å². The lowest BCUT2D eigenvalue weighted by molar-refractivity contribution is 0.249. The van der Waals surface area contributed by atoms with E-state index in [-0.39, 0.29) is 0 Å². The number of aryl methyl sites for hydroxylation is 1. The monoisotopic (exact) mass is 353 g/mol. The first-order valence-electron chi connectivity index (χ1n) is 9.11. The minimum atomic E-state index is 0.756. The first-order chi connectivity index (χ1) is 12.3. The van der Waals surface area contributed by atoms with E-state index in [0.717, 1.165) is 44.2 Å². The Morgan fingerprint density at radius 2 is 1.92 bits per heavy atom. The molecule has 6 heteroatoms. The second-order valence-electron chi connectivity index (χ2n) is 7.18. The van der Waals surface area contributed by atoms with Crippen LogP contribution in [0.5, 0.6) is 0 Å². The van der Waals surface area contributed by atoms with Crippen LogP contribution in [0.15, 0.2) is 30.5 Å². The van der Waals surface area contributed by atoms with Crippen molar-refractivity contribution in [2.24, 2.45) is 7.05 Å². The molecule has 2 fully saturated rings. The minimum absolute atomic E-state index is 0.756. The largest absolute Gasteiger partial charge is 0.345 e. The number of benzene rings is 1. The van der Waals surface area contributed by atoms with Crippen LogP contribution in [0.1, 0.15) is 30.0 Å². The molecule has 0 atom stereocenters. The third-order valence-corrected chi connectivity index (χ3v) is 6.45. The van der Waals surface area contributed by atoms with E-state index in [1.54, 1.807) is 0 Å². The summed E-state index contributed by atoms with van der Waals surface area (Å²) in [6.07, 6.45) is 4.74. The van der Waals surface area contributed by atoms with Gasteiger partial charge in [-0.15, -0.1) is 0 Å². The minimum Gasteiger partial charge on any atom is -0.345 e. The SMILES string of the molecule is Cn1ncc(CN2CCN(c3nc4ccccc4s3)CC2)c1C1CC1. The molecule has 3 heterocycles. The van der Waals surface area contributed by atoms with Crippen LogP contribution in [0.3, 0.4) is 0 Å². The van der Waals surface area contributed by atoms with Gasteiger partial charge < -0.3 is 4.90 Å². The Morgan fingerprint density at radius 3 is 2.68 bits per heavy atom. The highest BCUT2D eigenvalue weighted by molar-refractivity contribution is 7.22. The van der Waals surface area contributed by atoms with Crippen LogP contribution >= 0.6 is 11.3 Å². The van der Waals surface area contributed by atoms with E-state index in [0.29, 0.717) is 0 Å². The highest BCUT2D eigenvalue weighted by atomic mass is 32.1. The van der Waals surface area contributed by atoms with Gasteiger partial charge in [-0.25, -0.2) is 4.98 Å². The number of hydrogen-bond acceptors (Lipinski definition) is 5. The van der Waals surface area contributed by atoms with Gasteiger partial charge in [0, 0.05) is 56.9 Å². The number of nitrogens with zero attached hydrogens (tertiary/aromatic N) is 5. The van der Waals surface area contributed by atoms with Crippen molar-refractivity contribution in [3.8, 4) is 0 Å². The molecule has 3 aromatic rings. The van der Waals surface area contributed by atoms with Gasteiger partial charge in [0.25, 0.3) is 0 Å². The summed E-state index contributed by atoms with van der Waals surface area (Å²) in [6, 6.07) is 8.42. The Bertz CT molecular complexity index is 853. The molecule has 1 aliphatic heterocycles. The number of rotatable bonds is 4. The molecule has 0 N–H and O–H groups in total. The van der Waals surface area contributed by atoms with Crippen molar-refractivity contribution in [2.45, 2.75) is 25.3 Å². The van der Waals surface area contributed by atoms with Crippen molar-refractivity contribution in [3.05, 3.63) is 41.7 Å². The van der Waals surface area contributed by atoms with E-state index in [2.05, 4.69) is 57.1 Å². The molecule has 0 amide bonds. The average Bonchev–Trinajstić information content (AvgIpc) is 3.26. The Kier molecular flexibility index (Phi) is 3.75. The van der Waals surface area contributed by atoms with E-state index in [1.165, 1.54) is 33.9 Å². The predicted molar refractivity (Wildman–Crippen MR) is 102 cm³/mol. The van der Waals surface area contributed by atoms with Crippen LogP contribution in [0.25, 0.3) is 10.2 Å². The third-order valence-electron chi connectivity index (χ3n) is 5.35. The number of hydrogen-bond donors (Lipinski definition) is 0. The van der Waals surface area contributed by atoms with Crippen molar-refractivity contribution in [1.29, 1.82) is 0 Å². The summed E-state index contributed by atoms with van der Waals surface area (Å²) < 4.78 is 3.37. The number of aromatic nitrogens is 3. The highest BCUT2D eigenvalue weighted by Gasteiger charge is 2.30. The Labute approximate surface area is 151 Å². The fourth-order valence-corrected chi connectivity index (χ4v) is 4.85. The van der Waals surface area contributed by atoms with Crippen LogP contribution in [0.4, 0.5) is 5.13 Å². The Hall–Kier alpha value is -1.92. The van der Waals surface area contributed by atoms with Gasteiger partial charge in [-0.05, 0) is 25.0 Å². The molecular weight excluding hydrogens is 330 g/mol. The van der Waals surface area contributed by atoms with E-state index in [1.807, 2.05) is 11.3 Å². The molecule has 2 aromatic heterocycles. The Morgan fingerprint density at radius 1 is 1.12 bits per heavy atom. The lowest BCUT2D eigenvalue weighted by atomic mass is 10.1. The standard InChI is InChI=1S/C19H23N5S/c1-22-18(14-6-7-14)15(12-20-22)13-23-8-10-24(11-9-23)19-21-16-4-2-3-5-17(16)25-19/h2-5,12,14H,6-11,13H2,1H3. The lowest BCUT2D eigenvalue weighted by Gasteiger charge is -2.34. The molecule has 1 saturated heterocycles. The highest BCUT2D eigenvalue weighted by Crippen LogP contribution is 2.41. The van der Waals surface area contributed by atoms with Crippen molar-refractivity contribution in [2.75, 3.05) is 31.1 Å². The number of para-hydroxylation sites is 1. The topological polar surface area (TPSA) is 37.2 Å². The molecule has 130 valence electrons. The molecule has 25 heavy (non-hydrogen) atoms. The van der Waals surface area contributed by atoms with Crippen molar-refractivity contribution in [1.82, 2.24) is 19.7 Å². The molecule has 0 bridgehead atoms. The van der Waals surface area contributed by atoms with Gasteiger partial charge in [-0.2, -0.15) is 5.10 Å². The molecule has 1 aromatic carbocycles. The maximum atomic E-state index is 4.81. The predicted octanol–water partition coefficient (Wildman–Crippen LogP) is 3.23. The van der Waals surface area contributed by atoms with Gasteiger partial charge in [0.15, 0.2) is 5.13 Å². The molecule has 0 unspecified atom stereocenters. The normalized spacial score (nSPS) is 19.0. The molecule has 5 rings (SSSR count). The first-order valence-corrected chi connectivity index (χ1v) is 9.93. The van der Waals surface area contributed by atoms with Gasteiger partial charge in [0.2, 0.25) is 0 Å². The third kappa shape index (κ3) is 2.93. The Balaban J connectivity index is 1.25. The van der Waals surface area contributed by atoms with Crippen LogP contribution in [0.2, 0.25) is 0 Å². The van der Waals surface area contributed by atoms with E-state index < -0.39 is 0 Å². The van der Waals surface area contributed by atoms with Gasteiger partial charge in [-0.3, -0.25) is 9.58 Å². The molecule has 1 aliphatic carbocycles. The van der Waals surface area contributed by atoms with Gasteiger partial charge >= 0.3 is 0 Å². The van der Waals surface area contributed by atoms with Crippen molar-refractivity contribution in [3.63, 3.8) is 0 Å². The second kappa shape index (κ2) is 6.11. The summed E-state index contributed by atoms with van der Waals surface area (Å²) in [5, 5.41) is 5.67. The summed E-state index contributed by atoms with van der Waals surface area (Å²) in [4.78, 5) is 9.81. The van der Waals surface area contributed by atoms with Crippen molar-refractivity contribution < 1.29 is 0 Å². The maximum Gasteiger partial charge on any atom is 0.186 e. The maximum absolute atomic E-state index is 4.81. The van der Waals surface area contributed by atoms with E-state index >= 15 is 0 Å². The van der Waals surface area contributed by atoms with Crippen LogP contribution in [0, 0.1) is 0 Å². The molecule has 0 radical (unpaired) electrons. The molecule has 1 saturated carbocycles. The number of piperazine rings is 1. The lowest BCUT2D eigenvalue weighted by Crippen LogP contribution is -2.46. The van der Waals surface area contributed by atoms with E-state index in [9.17, 15) is 0 Å². The van der Waals surface area contributed by atoms with Crippen LogP contribution in [-0.4, -0.2) is 45.8 Å². The van der Waals surface area contributed by atoms with Gasteiger partial charge in [0.1, 0.15) is 0 Å². The van der Waals surface area contributed by atoms with Gasteiger partial charge in [0.05, 0.1) is 16.4 Å². The zero-order valence-electron chi connectivity index (χ0n) is 14.6. The number of anilines is 1. The molecule has 2 aliphatic rings. The summed E-state index contributed by atoms with van der Waals surface area (Å²) in [7, 11) is 2.09.